The number of fused-ring (bicyclic) bond motifs is 1. The van der Waals surface area contributed by atoms with E-state index >= 15 is 0 Å². The normalized spacial score (nSPS) is 11.5. The largest absolute Gasteiger partial charge is 0.415 e. The van der Waals surface area contributed by atoms with E-state index in [2.05, 4.69) is 25.1 Å². The van der Waals surface area contributed by atoms with E-state index in [1.807, 2.05) is 0 Å². The van der Waals surface area contributed by atoms with Gasteiger partial charge in [0.15, 0.2) is 0 Å². The van der Waals surface area contributed by atoms with Gasteiger partial charge in [-0.25, -0.2) is 9.18 Å². The SMILES string of the molecule is O=c1[nH]c2cc(-c3cccnc3)c(F)cc2n1Cc1ccc(-c2nnc(C(F)F)o2)cn1. The van der Waals surface area contributed by atoms with Crippen LogP contribution < -0.4 is 5.69 Å². The molecule has 0 radical (unpaired) electrons. The second-order valence-electron chi connectivity index (χ2n) is 6.89. The van der Waals surface area contributed by atoms with Gasteiger partial charge >= 0.3 is 12.1 Å². The Hall–Kier alpha value is -4.28. The molecule has 4 aromatic heterocycles. The van der Waals surface area contributed by atoms with Gasteiger partial charge in [-0.3, -0.25) is 14.5 Å². The molecule has 0 aliphatic rings. The Bertz CT molecular complexity index is 1460. The molecule has 4 heterocycles. The van der Waals surface area contributed by atoms with Crippen molar-refractivity contribution < 1.29 is 17.6 Å². The number of benzene rings is 1. The Balaban J connectivity index is 1.45. The summed E-state index contributed by atoms with van der Waals surface area (Å²) in [6.07, 6.45) is 1.64. The molecule has 0 spiro atoms. The molecule has 0 fully saturated rings. The van der Waals surface area contributed by atoms with Crippen molar-refractivity contribution in [3.63, 3.8) is 0 Å². The van der Waals surface area contributed by atoms with Crippen LogP contribution in [0.1, 0.15) is 18.0 Å². The Morgan fingerprint density at radius 2 is 1.97 bits per heavy atom. The Morgan fingerprint density at radius 3 is 2.66 bits per heavy atom. The van der Waals surface area contributed by atoms with Crippen LogP contribution in [0, 0.1) is 5.82 Å². The summed E-state index contributed by atoms with van der Waals surface area (Å²) in [5, 5.41) is 6.84. The molecule has 0 amide bonds. The third-order valence-electron chi connectivity index (χ3n) is 4.85. The second kappa shape index (κ2) is 7.76. The number of halogens is 3. The van der Waals surface area contributed by atoms with E-state index in [-0.39, 0.29) is 12.4 Å². The molecule has 32 heavy (non-hydrogen) atoms. The van der Waals surface area contributed by atoms with Gasteiger partial charge in [-0.1, -0.05) is 6.07 Å². The lowest BCUT2D eigenvalue weighted by molar-refractivity contribution is 0.116. The molecule has 0 bridgehead atoms. The minimum absolute atomic E-state index is 0.0664. The van der Waals surface area contributed by atoms with Crippen LogP contribution in [0.25, 0.3) is 33.6 Å². The van der Waals surface area contributed by atoms with E-state index < -0.39 is 23.8 Å². The zero-order chi connectivity index (χ0) is 22.2. The van der Waals surface area contributed by atoms with Crippen LogP contribution in [0.2, 0.25) is 0 Å². The number of H-pyrrole nitrogens is 1. The highest BCUT2D eigenvalue weighted by molar-refractivity contribution is 5.82. The molecule has 0 saturated heterocycles. The first-order valence-corrected chi connectivity index (χ1v) is 9.39. The van der Waals surface area contributed by atoms with Crippen LogP contribution in [0.3, 0.4) is 0 Å². The number of alkyl halides is 2. The van der Waals surface area contributed by atoms with E-state index in [1.54, 1.807) is 42.7 Å². The van der Waals surface area contributed by atoms with Crippen molar-refractivity contribution in [1.82, 2.24) is 29.7 Å². The average molecular weight is 438 g/mol. The Morgan fingerprint density at radius 1 is 1.09 bits per heavy atom. The van der Waals surface area contributed by atoms with E-state index in [4.69, 9.17) is 4.42 Å². The van der Waals surface area contributed by atoms with Crippen LogP contribution in [-0.4, -0.2) is 29.7 Å². The fraction of sp³-hybridized carbons (Fsp3) is 0.0952. The summed E-state index contributed by atoms with van der Waals surface area (Å²) >= 11 is 0. The maximum atomic E-state index is 14.8. The number of aromatic amines is 1. The molecule has 0 aliphatic carbocycles. The first kappa shape index (κ1) is 19.7. The van der Waals surface area contributed by atoms with Crippen molar-refractivity contribution >= 4 is 11.0 Å². The van der Waals surface area contributed by atoms with Gasteiger partial charge in [-0.05, 0) is 24.3 Å². The fourth-order valence-corrected chi connectivity index (χ4v) is 3.32. The minimum Gasteiger partial charge on any atom is -0.415 e. The maximum absolute atomic E-state index is 14.8. The maximum Gasteiger partial charge on any atom is 0.326 e. The number of imidazole rings is 1. The third-order valence-corrected chi connectivity index (χ3v) is 4.85. The van der Waals surface area contributed by atoms with Gasteiger partial charge < -0.3 is 9.40 Å². The van der Waals surface area contributed by atoms with Gasteiger partial charge in [-0.2, -0.15) is 8.78 Å². The van der Waals surface area contributed by atoms with Gasteiger partial charge in [0.1, 0.15) is 5.82 Å². The molecule has 0 aliphatic heterocycles. The summed E-state index contributed by atoms with van der Waals surface area (Å²) in [6.45, 7) is 0.0664. The van der Waals surface area contributed by atoms with Crippen LogP contribution in [0.15, 0.2) is 64.2 Å². The van der Waals surface area contributed by atoms with Crippen molar-refractivity contribution in [2.24, 2.45) is 0 Å². The first-order chi connectivity index (χ1) is 15.5. The predicted molar refractivity (Wildman–Crippen MR) is 107 cm³/mol. The number of rotatable bonds is 5. The Kier molecular flexibility index (Phi) is 4.77. The van der Waals surface area contributed by atoms with E-state index in [0.29, 0.717) is 33.4 Å². The fourth-order valence-electron chi connectivity index (χ4n) is 3.32. The van der Waals surface area contributed by atoms with E-state index in [0.717, 1.165) is 0 Å². The lowest BCUT2D eigenvalue weighted by Crippen LogP contribution is -2.17. The zero-order valence-corrected chi connectivity index (χ0v) is 16.2. The number of nitrogens with one attached hydrogen (secondary N) is 1. The zero-order valence-electron chi connectivity index (χ0n) is 16.2. The smallest absolute Gasteiger partial charge is 0.326 e. The third kappa shape index (κ3) is 3.53. The van der Waals surface area contributed by atoms with E-state index in [9.17, 15) is 18.0 Å². The van der Waals surface area contributed by atoms with Crippen LogP contribution in [0.5, 0.6) is 0 Å². The van der Waals surface area contributed by atoms with E-state index in [1.165, 1.54) is 16.8 Å². The molecule has 11 heteroatoms. The van der Waals surface area contributed by atoms with Crippen LogP contribution >= 0.6 is 0 Å². The summed E-state index contributed by atoms with van der Waals surface area (Å²) in [5.41, 5.74) is 2.18. The monoisotopic (exact) mass is 438 g/mol. The van der Waals surface area contributed by atoms with Gasteiger partial charge in [0, 0.05) is 35.8 Å². The summed E-state index contributed by atoms with van der Waals surface area (Å²) < 4.78 is 46.3. The summed E-state index contributed by atoms with van der Waals surface area (Å²) in [6, 6.07) is 9.43. The molecule has 1 N–H and O–H groups in total. The molecular weight excluding hydrogens is 425 g/mol. The van der Waals surface area contributed by atoms with Crippen molar-refractivity contribution in [1.29, 1.82) is 0 Å². The topological polar surface area (TPSA) is 102 Å². The van der Waals surface area contributed by atoms with Gasteiger partial charge in [-0.15, -0.1) is 10.2 Å². The number of aromatic nitrogens is 6. The summed E-state index contributed by atoms with van der Waals surface area (Å²) in [7, 11) is 0. The molecule has 0 saturated carbocycles. The highest BCUT2D eigenvalue weighted by atomic mass is 19.3. The molecule has 8 nitrogen and oxygen atoms in total. The summed E-state index contributed by atoms with van der Waals surface area (Å²) in [5.74, 6) is -1.36. The lowest BCUT2D eigenvalue weighted by atomic mass is 10.1. The molecule has 0 atom stereocenters. The number of nitrogens with zero attached hydrogens (tertiary/aromatic N) is 5. The van der Waals surface area contributed by atoms with Crippen molar-refractivity contribution in [2.75, 3.05) is 0 Å². The quantitative estimate of drug-likeness (QED) is 0.446. The highest BCUT2D eigenvalue weighted by Gasteiger charge is 2.18. The molecular formula is C21H13F3N6O2. The Labute approximate surface area is 177 Å². The predicted octanol–water partition coefficient (Wildman–Crippen LogP) is 3.96. The molecule has 0 unspecified atom stereocenters. The van der Waals surface area contributed by atoms with Crippen molar-refractivity contribution in [2.45, 2.75) is 13.0 Å². The van der Waals surface area contributed by atoms with Crippen LogP contribution in [-0.2, 0) is 6.54 Å². The number of pyridine rings is 2. The second-order valence-corrected chi connectivity index (χ2v) is 6.89. The lowest BCUT2D eigenvalue weighted by Gasteiger charge is -2.06. The standard InChI is InChI=1S/C21H13F3N6O2/c22-15-7-17-16(6-14(15)11-2-1-5-25-8-11)27-21(31)30(17)10-13-4-3-12(9-26-13)19-28-29-20(32-19)18(23)24/h1-9,18H,10H2,(H,27,31). The summed E-state index contributed by atoms with van der Waals surface area (Å²) in [4.78, 5) is 23.4. The molecule has 5 rings (SSSR count). The average Bonchev–Trinajstić information content (AvgIpc) is 3.40. The van der Waals surface area contributed by atoms with Gasteiger partial charge in [0.25, 0.3) is 5.89 Å². The minimum atomic E-state index is -2.86. The number of hydrogen-bond donors (Lipinski definition) is 1. The van der Waals surface area contributed by atoms with Gasteiger partial charge in [0.2, 0.25) is 5.89 Å². The highest BCUT2D eigenvalue weighted by Crippen LogP contribution is 2.27. The van der Waals surface area contributed by atoms with Crippen molar-refractivity contribution in [3.8, 4) is 22.6 Å². The molecule has 160 valence electrons. The number of hydrogen-bond acceptors (Lipinski definition) is 6. The first-order valence-electron chi connectivity index (χ1n) is 9.39. The van der Waals surface area contributed by atoms with Crippen LogP contribution in [0.4, 0.5) is 13.2 Å². The van der Waals surface area contributed by atoms with Crippen molar-refractivity contribution in [3.05, 3.63) is 82.9 Å². The molecule has 1 aromatic carbocycles. The molecule has 5 aromatic rings. The van der Waals surface area contributed by atoms with Gasteiger partial charge in [0.05, 0.1) is 28.8 Å².